The van der Waals surface area contributed by atoms with Gasteiger partial charge in [0.15, 0.2) is 0 Å². The van der Waals surface area contributed by atoms with Gasteiger partial charge in [-0.05, 0) is 37.0 Å². The first-order valence-electron chi connectivity index (χ1n) is 6.21. The van der Waals surface area contributed by atoms with Gasteiger partial charge in [0.25, 0.3) is 0 Å². The third-order valence-corrected chi connectivity index (χ3v) is 3.79. The van der Waals surface area contributed by atoms with E-state index in [0.717, 1.165) is 15.6 Å². The standard InChI is InChI=1S/C14H18BrNO3/c1-3-12(14(18)19)16-13(17)7-5-10-4-6-11(15)9(2)8-10/h4,6,8,12H,3,5,7H2,1-2H3,(H,16,17)(H,18,19). The number of carboxylic acids is 1. The molecule has 0 fully saturated rings. The fraction of sp³-hybridized carbons (Fsp3) is 0.429. The van der Waals surface area contributed by atoms with Crippen LogP contribution in [0.2, 0.25) is 0 Å². The highest BCUT2D eigenvalue weighted by atomic mass is 79.9. The minimum Gasteiger partial charge on any atom is -0.480 e. The molecule has 0 aromatic heterocycles. The normalized spacial score (nSPS) is 11.9. The highest BCUT2D eigenvalue weighted by molar-refractivity contribution is 9.10. The summed E-state index contributed by atoms with van der Waals surface area (Å²) in [6.45, 7) is 3.72. The number of halogens is 1. The number of hydrogen-bond acceptors (Lipinski definition) is 2. The highest BCUT2D eigenvalue weighted by Crippen LogP contribution is 2.17. The van der Waals surface area contributed by atoms with Crippen LogP contribution in [0.1, 0.15) is 30.9 Å². The van der Waals surface area contributed by atoms with Crippen LogP contribution in [0.3, 0.4) is 0 Å². The quantitative estimate of drug-likeness (QED) is 0.844. The summed E-state index contributed by atoms with van der Waals surface area (Å²) in [7, 11) is 0. The smallest absolute Gasteiger partial charge is 0.326 e. The van der Waals surface area contributed by atoms with Crippen LogP contribution >= 0.6 is 15.9 Å². The second-order valence-electron chi connectivity index (χ2n) is 4.45. The second kappa shape index (κ2) is 7.28. The molecule has 0 aliphatic heterocycles. The van der Waals surface area contributed by atoms with Crippen LogP contribution in [0.4, 0.5) is 0 Å². The van der Waals surface area contributed by atoms with Gasteiger partial charge in [-0.25, -0.2) is 4.79 Å². The van der Waals surface area contributed by atoms with Gasteiger partial charge in [0.05, 0.1) is 0 Å². The lowest BCUT2D eigenvalue weighted by Crippen LogP contribution is -2.40. The molecule has 0 saturated heterocycles. The molecule has 0 saturated carbocycles. The summed E-state index contributed by atoms with van der Waals surface area (Å²) in [5, 5.41) is 11.4. The molecule has 1 atom stereocenters. The van der Waals surface area contributed by atoms with Crippen LogP contribution in [0.25, 0.3) is 0 Å². The molecule has 1 unspecified atom stereocenters. The predicted octanol–water partition coefficient (Wildman–Crippen LogP) is 2.67. The van der Waals surface area contributed by atoms with Gasteiger partial charge in [0.1, 0.15) is 6.04 Å². The van der Waals surface area contributed by atoms with E-state index in [-0.39, 0.29) is 5.91 Å². The van der Waals surface area contributed by atoms with E-state index in [2.05, 4.69) is 21.2 Å². The topological polar surface area (TPSA) is 66.4 Å². The first kappa shape index (κ1) is 15.7. The number of carboxylic acid groups (broad SMARTS) is 1. The van der Waals surface area contributed by atoms with E-state index in [1.54, 1.807) is 6.92 Å². The van der Waals surface area contributed by atoms with Crippen molar-refractivity contribution < 1.29 is 14.7 Å². The van der Waals surface area contributed by atoms with E-state index in [9.17, 15) is 9.59 Å². The van der Waals surface area contributed by atoms with Crippen molar-refractivity contribution in [3.05, 3.63) is 33.8 Å². The molecular formula is C14H18BrNO3. The van der Waals surface area contributed by atoms with Gasteiger partial charge in [-0.1, -0.05) is 35.0 Å². The lowest BCUT2D eigenvalue weighted by molar-refractivity contribution is -0.141. The van der Waals surface area contributed by atoms with E-state index in [0.29, 0.717) is 19.3 Å². The third kappa shape index (κ3) is 5.03. The highest BCUT2D eigenvalue weighted by Gasteiger charge is 2.17. The summed E-state index contributed by atoms with van der Waals surface area (Å²) in [6, 6.07) is 5.14. The van der Waals surface area contributed by atoms with Gasteiger partial charge in [-0.3, -0.25) is 4.79 Å². The lowest BCUT2D eigenvalue weighted by Gasteiger charge is -2.12. The van der Waals surface area contributed by atoms with Crippen molar-refractivity contribution in [3.8, 4) is 0 Å². The van der Waals surface area contributed by atoms with Crippen LogP contribution in [0.15, 0.2) is 22.7 Å². The van der Waals surface area contributed by atoms with Crippen molar-refractivity contribution in [1.29, 1.82) is 0 Å². The minimum absolute atomic E-state index is 0.227. The number of nitrogens with one attached hydrogen (secondary N) is 1. The summed E-state index contributed by atoms with van der Waals surface area (Å²) in [4.78, 5) is 22.5. The first-order chi connectivity index (χ1) is 8.93. The Labute approximate surface area is 121 Å². The number of carbonyl (C=O) groups is 2. The average Bonchev–Trinajstić information content (AvgIpc) is 2.37. The van der Waals surface area contributed by atoms with Crippen LogP contribution in [0, 0.1) is 6.92 Å². The summed E-state index contributed by atoms with van der Waals surface area (Å²) < 4.78 is 1.04. The lowest BCUT2D eigenvalue weighted by atomic mass is 10.1. The maximum atomic E-state index is 11.7. The number of hydrogen-bond donors (Lipinski definition) is 2. The Morgan fingerprint density at radius 2 is 2.11 bits per heavy atom. The zero-order valence-electron chi connectivity index (χ0n) is 11.1. The third-order valence-electron chi connectivity index (χ3n) is 2.90. The molecule has 1 aromatic carbocycles. The van der Waals surface area contributed by atoms with Gasteiger partial charge in [0, 0.05) is 10.9 Å². The molecule has 0 spiro atoms. The van der Waals surface area contributed by atoms with E-state index >= 15 is 0 Å². The SMILES string of the molecule is CCC(NC(=O)CCc1ccc(Br)c(C)c1)C(=O)O. The summed E-state index contributed by atoms with van der Waals surface area (Å²) in [5.74, 6) is -1.22. The second-order valence-corrected chi connectivity index (χ2v) is 5.30. The van der Waals surface area contributed by atoms with Gasteiger partial charge < -0.3 is 10.4 Å². The molecular weight excluding hydrogens is 310 g/mol. The number of aliphatic carboxylic acids is 1. The fourth-order valence-electron chi connectivity index (χ4n) is 1.73. The Morgan fingerprint density at radius 1 is 1.42 bits per heavy atom. The van der Waals surface area contributed by atoms with Crippen molar-refractivity contribution in [2.75, 3.05) is 0 Å². The van der Waals surface area contributed by atoms with Gasteiger partial charge in [0.2, 0.25) is 5.91 Å². The number of amides is 1. The van der Waals surface area contributed by atoms with Gasteiger partial charge in [-0.2, -0.15) is 0 Å². The Bertz CT molecular complexity index is 474. The van der Waals surface area contributed by atoms with Crippen molar-refractivity contribution >= 4 is 27.8 Å². The molecule has 1 amide bonds. The van der Waals surface area contributed by atoms with E-state index in [4.69, 9.17) is 5.11 Å². The van der Waals surface area contributed by atoms with Crippen LogP contribution in [0.5, 0.6) is 0 Å². The van der Waals surface area contributed by atoms with E-state index < -0.39 is 12.0 Å². The van der Waals surface area contributed by atoms with Crippen molar-refractivity contribution in [1.82, 2.24) is 5.32 Å². The van der Waals surface area contributed by atoms with Crippen molar-refractivity contribution in [2.45, 2.75) is 39.2 Å². The monoisotopic (exact) mass is 327 g/mol. The number of aryl methyl sites for hydroxylation is 2. The first-order valence-corrected chi connectivity index (χ1v) is 7.00. The molecule has 104 valence electrons. The summed E-state index contributed by atoms with van der Waals surface area (Å²) in [5.41, 5.74) is 2.19. The summed E-state index contributed by atoms with van der Waals surface area (Å²) >= 11 is 3.42. The molecule has 0 aliphatic carbocycles. The Balaban J connectivity index is 2.49. The average molecular weight is 328 g/mol. The molecule has 0 radical (unpaired) electrons. The van der Waals surface area contributed by atoms with Crippen molar-refractivity contribution in [2.24, 2.45) is 0 Å². The fourth-order valence-corrected chi connectivity index (χ4v) is 1.97. The number of rotatable bonds is 6. The predicted molar refractivity (Wildman–Crippen MR) is 77.1 cm³/mol. The molecule has 1 rings (SSSR count). The maximum absolute atomic E-state index is 11.7. The van der Waals surface area contributed by atoms with Crippen LogP contribution in [-0.4, -0.2) is 23.0 Å². The molecule has 0 aliphatic rings. The largest absolute Gasteiger partial charge is 0.480 e. The molecule has 5 heteroatoms. The Kier molecular flexibility index (Phi) is 6.02. The van der Waals surface area contributed by atoms with E-state index in [1.165, 1.54) is 0 Å². The zero-order chi connectivity index (χ0) is 14.4. The number of carbonyl (C=O) groups excluding carboxylic acids is 1. The summed E-state index contributed by atoms with van der Waals surface area (Å²) in [6.07, 6.45) is 1.29. The molecule has 4 nitrogen and oxygen atoms in total. The Morgan fingerprint density at radius 3 is 2.63 bits per heavy atom. The van der Waals surface area contributed by atoms with Gasteiger partial charge in [-0.15, -0.1) is 0 Å². The van der Waals surface area contributed by atoms with Crippen LogP contribution < -0.4 is 5.32 Å². The van der Waals surface area contributed by atoms with E-state index in [1.807, 2.05) is 25.1 Å². The van der Waals surface area contributed by atoms with Crippen molar-refractivity contribution in [3.63, 3.8) is 0 Å². The Hall–Kier alpha value is -1.36. The minimum atomic E-state index is -0.990. The zero-order valence-corrected chi connectivity index (χ0v) is 12.7. The van der Waals surface area contributed by atoms with Gasteiger partial charge >= 0.3 is 5.97 Å². The number of benzene rings is 1. The maximum Gasteiger partial charge on any atom is 0.326 e. The molecule has 0 heterocycles. The molecule has 1 aromatic rings. The van der Waals surface area contributed by atoms with Crippen LogP contribution in [-0.2, 0) is 16.0 Å². The molecule has 19 heavy (non-hydrogen) atoms. The molecule has 0 bridgehead atoms. The molecule has 2 N–H and O–H groups in total.